The Bertz CT molecular complexity index is 460. The standard InChI is InChI=1S/C18H29N3O.HI/c1-5-7-8-13-21(3)18(19-6-2)20-14-16-9-11-17(12-10-16)15-22-4;/h5,9-12H,1,6-8,13-15H2,2-4H3,(H,19,20);1H. The van der Waals surface area contributed by atoms with Crippen LogP contribution < -0.4 is 5.32 Å². The first-order valence-corrected chi connectivity index (χ1v) is 7.88. The number of ether oxygens (including phenoxy) is 1. The lowest BCUT2D eigenvalue weighted by Gasteiger charge is -2.21. The largest absolute Gasteiger partial charge is 0.380 e. The minimum absolute atomic E-state index is 0. The molecule has 0 heterocycles. The topological polar surface area (TPSA) is 36.9 Å². The van der Waals surface area contributed by atoms with Gasteiger partial charge in [0.2, 0.25) is 0 Å². The smallest absolute Gasteiger partial charge is 0.193 e. The molecule has 0 spiro atoms. The summed E-state index contributed by atoms with van der Waals surface area (Å²) in [4.78, 5) is 6.89. The van der Waals surface area contributed by atoms with Crippen molar-refractivity contribution in [1.82, 2.24) is 10.2 Å². The zero-order chi connectivity index (χ0) is 16.2. The average Bonchev–Trinajstić information content (AvgIpc) is 2.53. The molecule has 0 unspecified atom stereocenters. The number of methoxy groups -OCH3 is 1. The third-order valence-electron chi connectivity index (χ3n) is 3.34. The highest BCUT2D eigenvalue weighted by atomic mass is 127. The Balaban J connectivity index is 0.00000484. The van der Waals surface area contributed by atoms with E-state index in [1.807, 2.05) is 6.08 Å². The Hall–Kier alpha value is -1.08. The van der Waals surface area contributed by atoms with Gasteiger partial charge in [-0.2, -0.15) is 0 Å². The number of benzene rings is 1. The summed E-state index contributed by atoms with van der Waals surface area (Å²) in [6, 6.07) is 8.41. The lowest BCUT2D eigenvalue weighted by molar-refractivity contribution is 0.185. The molecule has 0 aromatic heterocycles. The number of nitrogens with one attached hydrogen (secondary N) is 1. The van der Waals surface area contributed by atoms with E-state index in [4.69, 9.17) is 9.73 Å². The van der Waals surface area contributed by atoms with Crippen LogP contribution in [-0.4, -0.2) is 38.1 Å². The van der Waals surface area contributed by atoms with E-state index in [0.29, 0.717) is 13.2 Å². The van der Waals surface area contributed by atoms with E-state index >= 15 is 0 Å². The summed E-state index contributed by atoms with van der Waals surface area (Å²) >= 11 is 0. The number of hydrogen-bond donors (Lipinski definition) is 1. The van der Waals surface area contributed by atoms with Gasteiger partial charge in [-0.05, 0) is 30.9 Å². The van der Waals surface area contributed by atoms with Gasteiger partial charge in [-0.25, -0.2) is 4.99 Å². The summed E-state index contributed by atoms with van der Waals surface area (Å²) in [5.74, 6) is 0.951. The van der Waals surface area contributed by atoms with Crippen molar-refractivity contribution < 1.29 is 4.74 Å². The fourth-order valence-electron chi connectivity index (χ4n) is 2.12. The van der Waals surface area contributed by atoms with E-state index in [9.17, 15) is 0 Å². The molecule has 0 aliphatic carbocycles. The van der Waals surface area contributed by atoms with Gasteiger partial charge >= 0.3 is 0 Å². The normalized spacial score (nSPS) is 10.8. The predicted octanol–water partition coefficient (Wildman–Crippen LogP) is 3.81. The molecule has 23 heavy (non-hydrogen) atoms. The number of hydrogen-bond acceptors (Lipinski definition) is 2. The van der Waals surface area contributed by atoms with E-state index in [0.717, 1.165) is 31.9 Å². The van der Waals surface area contributed by atoms with Crippen LogP contribution in [0.2, 0.25) is 0 Å². The highest BCUT2D eigenvalue weighted by Crippen LogP contribution is 2.07. The molecule has 0 amide bonds. The van der Waals surface area contributed by atoms with Crippen molar-refractivity contribution in [3.05, 3.63) is 48.0 Å². The van der Waals surface area contributed by atoms with Gasteiger partial charge in [-0.15, -0.1) is 30.6 Å². The third kappa shape index (κ3) is 8.95. The molecular weight excluding hydrogens is 401 g/mol. The van der Waals surface area contributed by atoms with E-state index in [1.54, 1.807) is 7.11 Å². The van der Waals surface area contributed by atoms with Gasteiger partial charge in [-0.3, -0.25) is 0 Å². The molecule has 4 nitrogen and oxygen atoms in total. The number of aliphatic imine (C=N–C) groups is 1. The summed E-state index contributed by atoms with van der Waals surface area (Å²) in [6.45, 7) is 9.03. The van der Waals surface area contributed by atoms with Crippen molar-refractivity contribution in [2.45, 2.75) is 32.9 Å². The second-order valence-electron chi connectivity index (χ2n) is 5.27. The van der Waals surface area contributed by atoms with Crippen LogP contribution in [0, 0.1) is 0 Å². The SMILES string of the molecule is C=CCCCN(C)C(=NCc1ccc(COC)cc1)NCC.I. The Morgan fingerprint density at radius 1 is 1.30 bits per heavy atom. The molecule has 0 saturated heterocycles. The Kier molecular flexibility index (Phi) is 12.7. The van der Waals surface area contributed by atoms with E-state index in [2.05, 4.69) is 55.0 Å². The van der Waals surface area contributed by atoms with Gasteiger partial charge in [0.15, 0.2) is 5.96 Å². The number of unbranched alkanes of at least 4 members (excludes halogenated alkanes) is 1. The predicted molar refractivity (Wildman–Crippen MR) is 109 cm³/mol. The van der Waals surface area contributed by atoms with Gasteiger partial charge in [0, 0.05) is 27.2 Å². The van der Waals surface area contributed by atoms with Crippen LogP contribution in [0.15, 0.2) is 41.9 Å². The monoisotopic (exact) mass is 431 g/mol. The summed E-state index contributed by atoms with van der Waals surface area (Å²) in [7, 11) is 3.79. The Morgan fingerprint density at radius 3 is 2.52 bits per heavy atom. The number of nitrogens with zero attached hydrogens (tertiary/aromatic N) is 2. The van der Waals surface area contributed by atoms with Crippen molar-refractivity contribution in [1.29, 1.82) is 0 Å². The number of rotatable bonds is 9. The van der Waals surface area contributed by atoms with E-state index < -0.39 is 0 Å². The van der Waals surface area contributed by atoms with Gasteiger partial charge in [-0.1, -0.05) is 30.3 Å². The zero-order valence-corrected chi connectivity index (χ0v) is 16.9. The molecule has 0 radical (unpaired) electrons. The first-order chi connectivity index (χ1) is 10.7. The second-order valence-corrected chi connectivity index (χ2v) is 5.27. The number of allylic oxidation sites excluding steroid dienone is 1. The first kappa shape index (κ1) is 21.9. The Labute approximate surface area is 158 Å². The van der Waals surface area contributed by atoms with Gasteiger partial charge in [0.05, 0.1) is 13.2 Å². The molecule has 0 aliphatic rings. The van der Waals surface area contributed by atoms with E-state index in [-0.39, 0.29) is 24.0 Å². The Morgan fingerprint density at radius 2 is 1.96 bits per heavy atom. The lowest BCUT2D eigenvalue weighted by Crippen LogP contribution is -2.39. The van der Waals surface area contributed by atoms with Crippen LogP contribution in [0.25, 0.3) is 0 Å². The average molecular weight is 431 g/mol. The van der Waals surface area contributed by atoms with Crippen molar-refractivity contribution in [3.63, 3.8) is 0 Å². The van der Waals surface area contributed by atoms with Gasteiger partial charge < -0.3 is 15.0 Å². The summed E-state index contributed by atoms with van der Waals surface area (Å²) in [5.41, 5.74) is 2.39. The van der Waals surface area contributed by atoms with Gasteiger partial charge in [0.1, 0.15) is 0 Å². The fourth-order valence-corrected chi connectivity index (χ4v) is 2.12. The fraction of sp³-hybridized carbons (Fsp3) is 0.500. The van der Waals surface area contributed by atoms with Gasteiger partial charge in [0.25, 0.3) is 0 Å². The van der Waals surface area contributed by atoms with E-state index in [1.165, 1.54) is 11.1 Å². The molecule has 130 valence electrons. The minimum atomic E-state index is 0. The lowest BCUT2D eigenvalue weighted by atomic mass is 10.1. The molecule has 0 bridgehead atoms. The molecule has 1 aromatic rings. The zero-order valence-electron chi connectivity index (χ0n) is 14.5. The first-order valence-electron chi connectivity index (χ1n) is 7.88. The van der Waals surface area contributed by atoms with Crippen molar-refractivity contribution >= 4 is 29.9 Å². The maximum Gasteiger partial charge on any atom is 0.193 e. The molecule has 1 N–H and O–H groups in total. The molecule has 0 fully saturated rings. The molecule has 0 aliphatic heterocycles. The minimum Gasteiger partial charge on any atom is -0.380 e. The van der Waals surface area contributed by atoms with Crippen LogP contribution in [0.4, 0.5) is 0 Å². The highest BCUT2D eigenvalue weighted by molar-refractivity contribution is 14.0. The molecule has 0 saturated carbocycles. The molecule has 0 atom stereocenters. The van der Waals surface area contributed by atoms with Crippen LogP contribution in [-0.2, 0) is 17.9 Å². The maximum absolute atomic E-state index is 5.12. The molecule has 1 aromatic carbocycles. The number of guanidine groups is 1. The third-order valence-corrected chi connectivity index (χ3v) is 3.34. The van der Waals surface area contributed by atoms with Crippen LogP contribution in [0.1, 0.15) is 30.9 Å². The highest BCUT2D eigenvalue weighted by Gasteiger charge is 2.04. The molecular formula is C18H30IN3O. The summed E-state index contributed by atoms with van der Waals surface area (Å²) in [5, 5.41) is 3.34. The number of halogens is 1. The van der Waals surface area contributed by atoms with Crippen molar-refractivity contribution in [2.24, 2.45) is 4.99 Å². The van der Waals surface area contributed by atoms with Crippen molar-refractivity contribution in [3.8, 4) is 0 Å². The quantitative estimate of drug-likeness (QED) is 0.212. The van der Waals surface area contributed by atoms with Crippen LogP contribution >= 0.6 is 24.0 Å². The maximum atomic E-state index is 5.12. The summed E-state index contributed by atoms with van der Waals surface area (Å²) in [6.07, 6.45) is 4.08. The van der Waals surface area contributed by atoms with Crippen LogP contribution in [0.3, 0.4) is 0 Å². The van der Waals surface area contributed by atoms with Crippen molar-refractivity contribution in [2.75, 3.05) is 27.2 Å². The second kappa shape index (κ2) is 13.4. The summed E-state index contributed by atoms with van der Waals surface area (Å²) < 4.78 is 5.12. The molecule has 1 rings (SSSR count). The molecule has 5 heteroatoms. The van der Waals surface area contributed by atoms with Crippen LogP contribution in [0.5, 0.6) is 0 Å².